The Bertz CT molecular complexity index is 468. The molecule has 0 radical (unpaired) electrons. The second-order valence-electron chi connectivity index (χ2n) is 4.27. The Kier molecular flexibility index (Phi) is 5.26. The minimum Gasteiger partial charge on any atom is -0.491 e. The average molecular weight is 257 g/mol. The predicted molar refractivity (Wildman–Crippen MR) is 77.3 cm³/mol. The Morgan fingerprint density at radius 2 is 1.53 bits per heavy atom. The van der Waals surface area contributed by atoms with Crippen LogP contribution in [0.1, 0.15) is 5.56 Å². The Morgan fingerprint density at radius 1 is 0.789 bits per heavy atom. The zero-order valence-electron chi connectivity index (χ0n) is 10.9. The number of nitrogen functional groups attached to an aromatic ring is 1. The van der Waals surface area contributed by atoms with E-state index in [0.717, 1.165) is 17.9 Å². The van der Waals surface area contributed by atoms with Crippen LogP contribution in [0.15, 0.2) is 54.6 Å². The van der Waals surface area contributed by atoms with Crippen LogP contribution in [0.3, 0.4) is 0 Å². The summed E-state index contributed by atoms with van der Waals surface area (Å²) in [5.41, 5.74) is 7.66. The van der Waals surface area contributed by atoms with Crippen molar-refractivity contribution in [2.45, 2.75) is 6.42 Å². The molecule has 100 valence electrons. The summed E-state index contributed by atoms with van der Waals surface area (Å²) in [6, 6.07) is 17.6. The van der Waals surface area contributed by atoms with Gasteiger partial charge in [0.15, 0.2) is 0 Å². The van der Waals surface area contributed by atoms with E-state index in [1.54, 1.807) is 0 Å². The van der Waals surface area contributed by atoms with Gasteiger partial charge in [0.05, 0.1) is 13.2 Å². The van der Waals surface area contributed by atoms with Crippen LogP contribution in [0.2, 0.25) is 0 Å². The van der Waals surface area contributed by atoms with E-state index in [0.29, 0.717) is 19.8 Å². The Labute approximate surface area is 114 Å². The molecule has 0 bridgehead atoms. The molecule has 0 saturated carbocycles. The minimum atomic E-state index is 0.575. The molecule has 0 unspecified atom stereocenters. The fourth-order valence-corrected chi connectivity index (χ4v) is 1.71. The van der Waals surface area contributed by atoms with E-state index < -0.39 is 0 Å². The summed E-state index contributed by atoms with van der Waals surface area (Å²) in [7, 11) is 0. The minimum absolute atomic E-state index is 0.575. The molecule has 2 aromatic rings. The summed E-state index contributed by atoms with van der Waals surface area (Å²) in [6.07, 6.45) is 0.894. The summed E-state index contributed by atoms with van der Waals surface area (Å²) >= 11 is 0. The van der Waals surface area contributed by atoms with E-state index in [1.807, 2.05) is 54.6 Å². The van der Waals surface area contributed by atoms with Crippen LogP contribution in [0.25, 0.3) is 0 Å². The summed E-state index contributed by atoms with van der Waals surface area (Å²) < 4.78 is 11.1. The number of hydrogen-bond donors (Lipinski definition) is 1. The van der Waals surface area contributed by atoms with Gasteiger partial charge in [-0.3, -0.25) is 0 Å². The summed E-state index contributed by atoms with van der Waals surface area (Å²) in [6.45, 7) is 1.87. The van der Waals surface area contributed by atoms with Crippen LogP contribution in [0.4, 0.5) is 5.69 Å². The smallest absolute Gasteiger partial charge is 0.119 e. The molecule has 0 amide bonds. The fraction of sp³-hybridized carbons (Fsp3) is 0.250. The topological polar surface area (TPSA) is 44.5 Å². The molecule has 0 aliphatic rings. The number of rotatable bonds is 7. The number of benzene rings is 2. The molecule has 0 saturated heterocycles. The van der Waals surface area contributed by atoms with Gasteiger partial charge in [-0.1, -0.05) is 30.3 Å². The lowest BCUT2D eigenvalue weighted by molar-refractivity contribution is 0.102. The van der Waals surface area contributed by atoms with Crippen LogP contribution >= 0.6 is 0 Å². The molecule has 0 aliphatic heterocycles. The first-order valence-corrected chi connectivity index (χ1v) is 6.44. The highest BCUT2D eigenvalue weighted by molar-refractivity contribution is 5.39. The van der Waals surface area contributed by atoms with Crippen LogP contribution in [0.5, 0.6) is 5.75 Å². The van der Waals surface area contributed by atoms with Crippen molar-refractivity contribution in [1.82, 2.24) is 0 Å². The number of nitrogens with two attached hydrogens (primary N) is 1. The zero-order chi connectivity index (χ0) is 13.3. The van der Waals surface area contributed by atoms with Crippen molar-refractivity contribution in [1.29, 1.82) is 0 Å². The second-order valence-corrected chi connectivity index (χ2v) is 4.27. The molecule has 2 rings (SSSR count). The normalized spacial score (nSPS) is 10.3. The standard InChI is InChI=1S/C16H19NO2/c17-15-8-6-14(7-9-15)10-11-18-12-13-19-16-4-2-1-3-5-16/h1-9H,10-13,17H2. The summed E-state index contributed by atoms with van der Waals surface area (Å²) in [5.74, 6) is 0.879. The van der Waals surface area contributed by atoms with Crippen molar-refractivity contribution in [3.8, 4) is 5.75 Å². The third-order valence-corrected chi connectivity index (χ3v) is 2.75. The van der Waals surface area contributed by atoms with Gasteiger partial charge in [0.2, 0.25) is 0 Å². The van der Waals surface area contributed by atoms with Crippen molar-refractivity contribution in [2.75, 3.05) is 25.6 Å². The lowest BCUT2D eigenvalue weighted by Gasteiger charge is -2.07. The van der Waals surface area contributed by atoms with E-state index in [-0.39, 0.29) is 0 Å². The molecular formula is C16H19NO2. The monoisotopic (exact) mass is 257 g/mol. The molecule has 0 atom stereocenters. The second kappa shape index (κ2) is 7.44. The van der Waals surface area contributed by atoms with E-state index >= 15 is 0 Å². The van der Waals surface area contributed by atoms with E-state index in [9.17, 15) is 0 Å². The highest BCUT2D eigenvalue weighted by atomic mass is 16.5. The highest BCUT2D eigenvalue weighted by Crippen LogP contribution is 2.08. The molecule has 0 aromatic heterocycles. The van der Waals surface area contributed by atoms with E-state index in [1.165, 1.54) is 5.56 Å². The highest BCUT2D eigenvalue weighted by Gasteiger charge is 1.95. The first-order chi connectivity index (χ1) is 9.34. The van der Waals surface area contributed by atoms with Gasteiger partial charge in [-0.25, -0.2) is 0 Å². The van der Waals surface area contributed by atoms with E-state index in [4.69, 9.17) is 15.2 Å². The van der Waals surface area contributed by atoms with Gasteiger partial charge >= 0.3 is 0 Å². The van der Waals surface area contributed by atoms with Gasteiger partial charge in [-0.05, 0) is 36.2 Å². The van der Waals surface area contributed by atoms with Crippen molar-refractivity contribution in [2.24, 2.45) is 0 Å². The van der Waals surface area contributed by atoms with Gasteiger partial charge < -0.3 is 15.2 Å². The Morgan fingerprint density at radius 3 is 2.26 bits per heavy atom. The summed E-state index contributed by atoms with van der Waals surface area (Å²) in [5, 5.41) is 0. The molecule has 3 nitrogen and oxygen atoms in total. The Hall–Kier alpha value is -2.00. The maximum Gasteiger partial charge on any atom is 0.119 e. The van der Waals surface area contributed by atoms with Crippen molar-refractivity contribution < 1.29 is 9.47 Å². The SMILES string of the molecule is Nc1ccc(CCOCCOc2ccccc2)cc1. The fourth-order valence-electron chi connectivity index (χ4n) is 1.71. The van der Waals surface area contributed by atoms with Crippen LogP contribution in [0, 0.1) is 0 Å². The van der Waals surface area contributed by atoms with Gasteiger partial charge in [0.25, 0.3) is 0 Å². The lowest BCUT2D eigenvalue weighted by atomic mass is 10.1. The van der Waals surface area contributed by atoms with Crippen molar-refractivity contribution in [3.63, 3.8) is 0 Å². The molecule has 3 heteroatoms. The lowest BCUT2D eigenvalue weighted by Crippen LogP contribution is -2.08. The van der Waals surface area contributed by atoms with Crippen LogP contribution in [-0.4, -0.2) is 19.8 Å². The average Bonchev–Trinajstić information content (AvgIpc) is 2.46. The quantitative estimate of drug-likeness (QED) is 0.612. The van der Waals surface area contributed by atoms with Gasteiger partial charge in [-0.2, -0.15) is 0 Å². The number of anilines is 1. The molecule has 0 spiro atoms. The molecule has 0 aliphatic carbocycles. The van der Waals surface area contributed by atoms with Crippen molar-refractivity contribution >= 4 is 5.69 Å². The maximum atomic E-state index is 5.63. The number of ether oxygens (including phenoxy) is 2. The molecule has 0 heterocycles. The van der Waals surface area contributed by atoms with E-state index in [2.05, 4.69) is 0 Å². The number of para-hydroxylation sites is 1. The third-order valence-electron chi connectivity index (χ3n) is 2.75. The zero-order valence-corrected chi connectivity index (χ0v) is 10.9. The van der Waals surface area contributed by atoms with Crippen LogP contribution in [-0.2, 0) is 11.2 Å². The first kappa shape index (κ1) is 13.4. The number of hydrogen-bond acceptors (Lipinski definition) is 3. The predicted octanol–water partition coefficient (Wildman–Crippen LogP) is 2.91. The van der Waals surface area contributed by atoms with Gasteiger partial charge in [0, 0.05) is 5.69 Å². The largest absolute Gasteiger partial charge is 0.491 e. The molecule has 0 fully saturated rings. The molecule has 19 heavy (non-hydrogen) atoms. The maximum absolute atomic E-state index is 5.63. The molecule has 2 N–H and O–H groups in total. The van der Waals surface area contributed by atoms with Gasteiger partial charge in [0.1, 0.15) is 12.4 Å². The first-order valence-electron chi connectivity index (χ1n) is 6.44. The third kappa shape index (κ3) is 5.02. The summed E-state index contributed by atoms with van der Waals surface area (Å²) in [4.78, 5) is 0. The molecule has 2 aromatic carbocycles. The van der Waals surface area contributed by atoms with Gasteiger partial charge in [-0.15, -0.1) is 0 Å². The Balaban J connectivity index is 1.56. The van der Waals surface area contributed by atoms with Crippen molar-refractivity contribution in [3.05, 3.63) is 60.2 Å². The van der Waals surface area contributed by atoms with Crippen LogP contribution < -0.4 is 10.5 Å². The molecular weight excluding hydrogens is 238 g/mol.